The minimum atomic E-state index is -0.222. The standard InChI is InChI=1S/C12H22N2O2/c15-12(14-10-5-2-1-3-6-10)16-11-7-4-8-13-9-11/h10-11,13H,1-9H2,(H,14,15). The molecule has 1 saturated heterocycles. The topological polar surface area (TPSA) is 50.4 Å². The molecule has 1 aliphatic heterocycles. The van der Waals surface area contributed by atoms with Gasteiger partial charge in [-0.2, -0.15) is 0 Å². The summed E-state index contributed by atoms with van der Waals surface area (Å²) in [6.07, 6.45) is 7.92. The van der Waals surface area contributed by atoms with Crippen molar-refractivity contribution in [2.45, 2.75) is 57.1 Å². The number of nitrogens with one attached hydrogen (secondary N) is 2. The lowest BCUT2D eigenvalue weighted by molar-refractivity contribution is 0.0785. The highest BCUT2D eigenvalue weighted by molar-refractivity contribution is 5.67. The zero-order chi connectivity index (χ0) is 11.2. The maximum Gasteiger partial charge on any atom is 0.407 e. The molecule has 0 radical (unpaired) electrons. The monoisotopic (exact) mass is 226 g/mol. The molecule has 4 heteroatoms. The minimum Gasteiger partial charge on any atom is -0.445 e. The van der Waals surface area contributed by atoms with E-state index in [1.54, 1.807) is 0 Å². The highest BCUT2D eigenvalue weighted by Crippen LogP contribution is 2.17. The third-order valence-corrected chi connectivity index (χ3v) is 3.45. The molecule has 1 amide bonds. The van der Waals surface area contributed by atoms with Crippen LogP contribution in [-0.4, -0.2) is 31.3 Å². The van der Waals surface area contributed by atoms with Crippen molar-refractivity contribution in [3.63, 3.8) is 0 Å². The van der Waals surface area contributed by atoms with Crippen molar-refractivity contribution in [1.82, 2.24) is 10.6 Å². The van der Waals surface area contributed by atoms with Gasteiger partial charge in [0, 0.05) is 12.6 Å². The molecule has 2 rings (SSSR count). The van der Waals surface area contributed by atoms with Crippen molar-refractivity contribution in [2.24, 2.45) is 0 Å². The Morgan fingerprint density at radius 2 is 1.94 bits per heavy atom. The lowest BCUT2D eigenvalue weighted by Crippen LogP contribution is -2.42. The molecular weight excluding hydrogens is 204 g/mol. The minimum absolute atomic E-state index is 0.0670. The second-order valence-corrected chi connectivity index (χ2v) is 4.85. The Labute approximate surface area is 97.1 Å². The Morgan fingerprint density at radius 3 is 2.62 bits per heavy atom. The zero-order valence-electron chi connectivity index (χ0n) is 9.84. The molecule has 0 aromatic rings. The van der Waals surface area contributed by atoms with Gasteiger partial charge >= 0.3 is 6.09 Å². The fourth-order valence-electron chi connectivity index (χ4n) is 2.52. The molecular formula is C12H22N2O2. The Hall–Kier alpha value is -0.770. The van der Waals surface area contributed by atoms with E-state index >= 15 is 0 Å². The Kier molecular flexibility index (Phi) is 4.45. The lowest BCUT2D eigenvalue weighted by atomic mass is 9.96. The van der Waals surface area contributed by atoms with Crippen molar-refractivity contribution in [1.29, 1.82) is 0 Å². The number of ether oxygens (including phenoxy) is 1. The van der Waals surface area contributed by atoms with Crippen molar-refractivity contribution in [2.75, 3.05) is 13.1 Å². The molecule has 92 valence electrons. The van der Waals surface area contributed by atoms with Gasteiger partial charge < -0.3 is 15.4 Å². The van der Waals surface area contributed by atoms with Crippen LogP contribution in [0.1, 0.15) is 44.9 Å². The van der Waals surface area contributed by atoms with E-state index in [-0.39, 0.29) is 12.2 Å². The number of hydrogen-bond donors (Lipinski definition) is 2. The summed E-state index contributed by atoms with van der Waals surface area (Å²) in [6, 6.07) is 0.345. The molecule has 2 fully saturated rings. The predicted molar refractivity (Wildman–Crippen MR) is 62.4 cm³/mol. The first-order valence-electron chi connectivity index (χ1n) is 6.52. The maximum atomic E-state index is 11.6. The Morgan fingerprint density at radius 1 is 1.12 bits per heavy atom. The van der Waals surface area contributed by atoms with Gasteiger partial charge in [-0.1, -0.05) is 19.3 Å². The van der Waals surface area contributed by atoms with E-state index in [0.717, 1.165) is 38.8 Å². The number of hydrogen-bond acceptors (Lipinski definition) is 3. The normalized spacial score (nSPS) is 27.4. The molecule has 16 heavy (non-hydrogen) atoms. The molecule has 1 unspecified atom stereocenters. The van der Waals surface area contributed by atoms with E-state index in [1.807, 2.05) is 0 Å². The molecule has 1 saturated carbocycles. The SMILES string of the molecule is O=C(NC1CCCCC1)OC1CCCNC1. The van der Waals surface area contributed by atoms with Crippen molar-refractivity contribution >= 4 is 6.09 Å². The van der Waals surface area contributed by atoms with Crippen LogP contribution in [0.5, 0.6) is 0 Å². The quantitative estimate of drug-likeness (QED) is 0.755. The number of alkyl carbamates (subject to hydrolysis) is 1. The van der Waals surface area contributed by atoms with Crippen LogP contribution in [0.3, 0.4) is 0 Å². The summed E-state index contributed by atoms with van der Waals surface area (Å²) < 4.78 is 5.38. The van der Waals surface area contributed by atoms with Gasteiger partial charge in [-0.25, -0.2) is 4.79 Å². The second-order valence-electron chi connectivity index (χ2n) is 4.85. The number of rotatable bonds is 2. The summed E-state index contributed by atoms with van der Waals surface area (Å²) in [6.45, 7) is 1.85. The van der Waals surface area contributed by atoms with Crippen LogP contribution in [-0.2, 0) is 4.74 Å². The largest absolute Gasteiger partial charge is 0.445 e. The van der Waals surface area contributed by atoms with Gasteiger partial charge in [0.15, 0.2) is 0 Å². The lowest BCUT2D eigenvalue weighted by Gasteiger charge is -2.26. The first kappa shape index (κ1) is 11.7. The molecule has 4 nitrogen and oxygen atoms in total. The fraction of sp³-hybridized carbons (Fsp3) is 0.917. The van der Waals surface area contributed by atoms with Crippen LogP contribution in [0.25, 0.3) is 0 Å². The second kappa shape index (κ2) is 6.09. The van der Waals surface area contributed by atoms with Crippen LogP contribution in [0.15, 0.2) is 0 Å². The van der Waals surface area contributed by atoms with Crippen LogP contribution in [0, 0.1) is 0 Å². The van der Waals surface area contributed by atoms with Gasteiger partial charge in [0.2, 0.25) is 0 Å². The average Bonchev–Trinajstić information content (AvgIpc) is 2.31. The summed E-state index contributed by atoms with van der Waals surface area (Å²) in [7, 11) is 0. The van der Waals surface area contributed by atoms with Crippen molar-refractivity contribution < 1.29 is 9.53 Å². The molecule has 2 aliphatic rings. The van der Waals surface area contributed by atoms with Crippen molar-refractivity contribution in [3.8, 4) is 0 Å². The molecule has 0 spiro atoms. The maximum absolute atomic E-state index is 11.6. The average molecular weight is 226 g/mol. The van der Waals surface area contributed by atoms with Crippen LogP contribution in [0.4, 0.5) is 4.79 Å². The Balaban J connectivity index is 1.66. The van der Waals surface area contributed by atoms with Gasteiger partial charge in [-0.15, -0.1) is 0 Å². The summed E-state index contributed by atoms with van der Waals surface area (Å²) in [5, 5.41) is 6.22. The molecule has 1 heterocycles. The molecule has 0 bridgehead atoms. The van der Waals surface area contributed by atoms with Crippen LogP contribution < -0.4 is 10.6 Å². The first-order valence-corrected chi connectivity index (χ1v) is 6.52. The Bertz CT molecular complexity index is 199. The number of amides is 1. The molecule has 0 aromatic heterocycles. The van der Waals surface area contributed by atoms with Gasteiger partial charge in [0.1, 0.15) is 6.10 Å². The fourth-order valence-corrected chi connectivity index (χ4v) is 2.52. The first-order chi connectivity index (χ1) is 7.84. The summed E-state index contributed by atoms with van der Waals surface area (Å²) in [5.41, 5.74) is 0. The van der Waals surface area contributed by atoms with Gasteiger partial charge in [-0.3, -0.25) is 0 Å². The van der Waals surface area contributed by atoms with Gasteiger partial charge in [-0.05, 0) is 32.2 Å². The van der Waals surface area contributed by atoms with E-state index < -0.39 is 0 Å². The summed E-state index contributed by atoms with van der Waals surface area (Å²) in [4.78, 5) is 11.6. The number of piperidine rings is 1. The van der Waals surface area contributed by atoms with Gasteiger partial charge in [0.05, 0.1) is 0 Å². The zero-order valence-corrected chi connectivity index (χ0v) is 9.84. The van der Waals surface area contributed by atoms with E-state index in [2.05, 4.69) is 10.6 Å². The smallest absolute Gasteiger partial charge is 0.407 e. The third-order valence-electron chi connectivity index (χ3n) is 3.45. The van der Waals surface area contributed by atoms with E-state index in [1.165, 1.54) is 19.3 Å². The highest BCUT2D eigenvalue weighted by atomic mass is 16.6. The van der Waals surface area contributed by atoms with Gasteiger partial charge in [0.25, 0.3) is 0 Å². The predicted octanol–water partition coefficient (Wildman–Crippen LogP) is 1.80. The highest BCUT2D eigenvalue weighted by Gasteiger charge is 2.20. The van der Waals surface area contributed by atoms with E-state index in [9.17, 15) is 4.79 Å². The molecule has 0 aromatic carbocycles. The van der Waals surface area contributed by atoms with E-state index in [4.69, 9.17) is 4.74 Å². The van der Waals surface area contributed by atoms with Crippen molar-refractivity contribution in [3.05, 3.63) is 0 Å². The van der Waals surface area contributed by atoms with E-state index in [0.29, 0.717) is 6.04 Å². The molecule has 1 aliphatic carbocycles. The summed E-state index contributed by atoms with van der Waals surface area (Å²) >= 11 is 0. The molecule has 1 atom stereocenters. The third kappa shape index (κ3) is 3.67. The number of carbonyl (C=O) groups excluding carboxylic acids is 1. The molecule has 2 N–H and O–H groups in total. The number of carbonyl (C=O) groups is 1. The van der Waals surface area contributed by atoms with Crippen LogP contribution >= 0.6 is 0 Å². The van der Waals surface area contributed by atoms with Crippen LogP contribution in [0.2, 0.25) is 0 Å². The summed E-state index contributed by atoms with van der Waals surface area (Å²) in [5.74, 6) is 0.